The lowest BCUT2D eigenvalue weighted by Crippen LogP contribution is -2.26. The number of carbonyl (C=O) groups excluding carboxylic acids is 2. The molecule has 0 saturated heterocycles. The van der Waals surface area contributed by atoms with Gasteiger partial charge in [0.15, 0.2) is 0 Å². The van der Waals surface area contributed by atoms with E-state index in [0.29, 0.717) is 5.69 Å². The lowest BCUT2D eigenvalue weighted by molar-refractivity contribution is -0.139. The molecule has 5 nitrogen and oxygen atoms in total. The summed E-state index contributed by atoms with van der Waals surface area (Å²) in [7, 11) is 2.33. The number of thioether (sulfide) groups is 1. The van der Waals surface area contributed by atoms with Crippen LogP contribution in [0.15, 0.2) is 64.9 Å². The smallest absolute Gasteiger partial charge is 0.446 e. The molecule has 0 unspecified atom stereocenters. The molecule has 2 rings (SSSR count). The topological polar surface area (TPSA) is 55.8 Å². The van der Waals surface area contributed by atoms with Crippen molar-refractivity contribution >= 4 is 29.4 Å². The molecule has 0 saturated carbocycles. The van der Waals surface area contributed by atoms with E-state index < -0.39 is 17.4 Å². The first kappa shape index (κ1) is 19.6. The third kappa shape index (κ3) is 4.69. The molecule has 9 heteroatoms. The number of esters is 2. The van der Waals surface area contributed by atoms with Gasteiger partial charge >= 0.3 is 17.4 Å². The zero-order valence-corrected chi connectivity index (χ0v) is 14.6. The quantitative estimate of drug-likeness (QED) is 0.581. The van der Waals surface area contributed by atoms with Crippen LogP contribution in [0.1, 0.15) is 0 Å². The maximum Gasteiger partial charge on any atom is 0.446 e. The molecule has 0 amide bonds. The number of methoxy groups -OCH3 is 2. The number of hydrogen-bond acceptors (Lipinski definition) is 6. The van der Waals surface area contributed by atoms with Crippen LogP contribution in [-0.4, -0.2) is 31.7 Å². The normalized spacial score (nSPS) is 14.3. The molecule has 26 heavy (non-hydrogen) atoms. The number of halogens is 3. The van der Waals surface area contributed by atoms with Crippen LogP contribution >= 0.6 is 11.8 Å². The number of hydrogen-bond donors (Lipinski definition) is 0. The summed E-state index contributed by atoms with van der Waals surface area (Å²) in [5.74, 6) is -1.55. The summed E-state index contributed by atoms with van der Waals surface area (Å²) in [6, 6.07) is 5.35. The average molecular weight is 385 g/mol. The number of benzene rings is 1. The number of alkyl halides is 3. The average Bonchev–Trinajstić information content (AvgIpc) is 2.82. The van der Waals surface area contributed by atoms with Crippen LogP contribution in [0.4, 0.5) is 18.9 Å². The summed E-state index contributed by atoms with van der Waals surface area (Å²) in [5, 5.41) is 0. The molecule has 0 radical (unpaired) electrons. The Morgan fingerprint density at radius 3 is 2.15 bits per heavy atom. The first-order valence-corrected chi connectivity index (χ1v) is 7.99. The van der Waals surface area contributed by atoms with E-state index in [2.05, 4.69) is 4.74 Å². The van der Waals surface area contributed by atoms with Crippen molar-refractivity contribution in [3.63, 3.8) is 0 Å². The van der Waals surface area contributed by atoms with Gasteiger partial charge in [0.05, 0.1) is 19.8 Å². The van der Waals surface area contributed by atoms with Crippen molar-refractivity contribution in [2.75, 3.05) is 19.1 Å². The van der Waals surface area contributed by atoms with Gasteiger partial charge in [0.2, 0.25) is 0 Å². The van der Waals surface area contributed by atoms with E-state index in [0.717, 1.165) is 7.11 Å². The largest absolute Gasteiger partial charge is 0.465 e. The van der Waals surface area contributed by atoms with E-state index >= 15 is 0 Å². The van der Waals surface area contributed by atoms with Crippen molar-refractivity contribution in [2.45, 2.75) is 10.4 Å². The van der Waals surface area contributed by atoms with Crippen molar-refractivity contribution in [2.24, 2.45) is 0 Å². The summed E-state index contributed by atoms with van der Waals surface area (Å²) in [6.45, 7) is 0. The van der Waals surface area contributed by atoms with Gasteiger partial charge in [0.1, 0.15) is 5.70 Å². The molecule has 0 atom stereocenters. The van der Waals surface area contributed by atoms with Crippen LogP contribution in [-0.2, 0) is 19.1 Å². The van der Waals surface area contributed by atoms with Gasteiger partial charge < -0.3 is 14.4 Å². The van der Waals surface area contributed by atoms with Gasteiger partial charge in [-0.2, -0.15) is 13.2 Å². The summed E-state index contributed by atoms with van der Waals surface area (Å²) in [6.07, 6.45) is 5.98. The van der Waals surface area contributed by atoms with Crippen LogP contribution in [0.2, 0.25) is 0 Å². The number of allylic oxidation sites excluding steroid dienone is 2. The molecular weight excluding hydrogens is 371 g/mol. The molecule has 0 bridgehead atoms. The highest BCUT2D eigenvalue weighted by Crippen LogP contribution is 2.37. The zero-order valence-electron chi connectivity index (χ0n) is 13.7. The Morgan fingerprint density at radius 1 is 1.00 bits per heavy atom. The Kier molecular flexibility index (Phi) is 6.14. The summed E-state index contributed by atoms with van der Waals surface area (Å²) in [5.41, 5.74) is -4.18. The number of ether oxygens (including phenoxy) is 2. The molecule has 0 spiro atoms. The van der Waals surface area contributed by atoms with Gasteiger partial charge in [-0.15, -0.1) is 0 Å². The van der Waals surface area contributed by atoms with Gasteiger partial charge in [0.25, 0.3) is 0 Å². The van der Waals surface area contributed by atoms with Crippen molar-refractivity contribution in [3.8, 4) is 0 Å². The van der Waals surface area contributed by atoms with E-state index in [-0.39, 0.29) is 27.9 Å². The first-order valence-electron chi connectivity index (χ1n) is 7.17. The Bertz CT molecular complexity index is 782. The SMILES string of the molecule is COC(=O)C1=C(C(=O)OC)N(c2ccc(SC(F)(F)F)cc2)C=CC=C1. The zero-order chi connectivity index (χ0) is 19.3. The van der Waals surface area contributed by atoms with Gasteiger partial charge in [-0.1, -0.05) is 6.08 Å². The predicted molar refractivity (Wildman–Crippen MR) is 90.2 cm³/mol. The number of rotatable bonds is 4. The van der Waals surface area contributed by atoms with Crippen molar-refractivity contribution < 1.29 is 32.2 Å². The summed E-state index contributed by atoms with van der Waals surface area (Å²) < 4.78 is 46.8. The van der Waals surface area contributed by atoms with E-state index in [4.69, 9.17) is 4.74 Å². The third-order valence-electron chi connectivity index (χ3n) is 3.24. The minimum absolute atomic E-state index is 0.00466. The molecule has 1 aromatic rings. The molecule has 1 aromatic carbocycles. The number of anilines is 1. The lowest BCUT2D eigenvalue weighted by Gasteiger charge is -2.23. The second kappa shape index (κ2) is 8.13. The summed E-state index contributed by atoms with van der Waals surface area (Å²) >= 11 is -0.246. The van der Waals surface area contributed by atoms with Crippen LogP contribution in [0, 0.1) is 0 Å². The minimum Gasteiger partial charge on any atom is -0.465 e. The van der Waals surface area contributed by atoms with Crippen molar-refractivity contribution in [1.82, 2.24) is 0 Å². The second-order valence-corrected chi connectivity index (χ2v) is 6.00. The summed E-state index contributed by atoms with van der Waals surface area (Å²) in [4.78, 5) is 25.6. The molecule has 0 fully saturated rings. The van der Waals surface area contributed by atoms with Crippen LogP contribution in [0.25, 0.3) is 0 Å². The Balaban J connectivity index is 2.48. The molecule has 138 valence electrons. The maximum atomic E-state index is 12.5. The van der Waals surface area contributed by atoms with E-state index in [9.17, 15) is 22.8 Å². The Hall–Kier alpha value is -2.68. The third-order valence-corrected chi connectivity index (χ3v) is 3.98. The molecule has 1 aliphatic heterocycles. The van der Waals surface area contributed by atoms with Gasteiger partial charge in [-0.05, 0) is 48.2 Å². The molecule has 0 N–H and O–H groups in total. The van der Waals surface area contributed by atoms with Gasteiger partial charge in [-0.25, -0.2) is 9.59 Å². The van der Waals surface area contributed by atoms with E-state index in [1.54, 1.807) is 6.08 Å². The fourth-order valence-corrected chi connectivity index (χ4v) is 2.71. The van der Waals surface area contributed by atoms with Crippen molar-refractivity contribution in [1.29, 1.82) is 0 Å². The van der Waals surface area contributed by atoms with Crippen LogP contribution in [0.3, 0.4) is 0 Å². The first-order chi connectivity index (χ1) is 12.3. The number of nitrogens with zero attached hydrogens (tertiary/aromatic N) is 1. The van der Waals surface area contributed by atoms with Crippen LogP contribution in [0.5, 0.6) is 0 Å². The standard InChI is InChI=1S/C17H14F3NO4S/c1-24-15(22)13-5-3-4-10-21(14(13)16(23)25-2)11-6-8-12(9-7-11)26-17(18,19)20/h3-10H,1-2H3. The van der Waals surface area contributed by atoms with Crippen molar-refractivity contribution in [3.05, 3.63) is 60.0 Å². The highest BCUT2D eigenvalue weighted by atomic mass is 32.2. The fraction of sp³-hybridized carbons (Fsp3) is 0.176. The number of carbonyl (C=O) groups is 2. The lowest BCUT2D eigenvalue weighted by atomic mass is 10.1. The van der Waals surface area contributed by atoms with Gasteiger partial charge in [0, 0.05) is 16.8 Å². The Labute approximate surface area is 151 Å². The van der Waals surface area contributed by atoms with E-state index in [1.165, 1.54) is 54.6 Å². The molecule has 0 aliphatic carbocycles. The minimum atomic E-state index is -4.40. The van der Waals surface area contributed by atoms with Crippen LogP contribution < -0.4 is 4.90 Å². The highest BCUT2D eigenvalue weighted by molar-refractivity contribution is 8.00. The highest BCUT2D eigenvalue weighted by Gasteiger charge is 2.30. The molecule has 1 aliphatic rings. The second-order valence-electron chi connectivity index (χ2n) is 4.86. The Morgan fingerprint density at radius 2 is 1.62 bits per heavy atom. The fourth-order valence-electron chi connectivity index (χ4n) is 2.17. The molecular formula is C17H14F3NO4S. The monoisotopic (exact) mass is 385 g/mol. The predicted octanol–water partition coefficient (Wildman–Crippen LogP) is 3.79. The van der Waals surface area contributed by atoms with Gasteiger partial charge in [-0.3, -0.25) is 0 Å². The molecule has 0 aromatic heterocycles. The maximum absolute atomic E-state index is 12.5. The van der Waals surface area contributed by atoms with E-state index in [1.807, 2.05) is 0 Å². The molecule has 1 heterocycles.